The van der Waals surface area contributed by atoms with Crippen molar-refractivity contribution < 1.29 is 9.59 Å². The zero-order valence-electron chi connectivity index (χ0n) is 16.6. The van der Waals surface area contributed by atoms with Crippen LogP contribution in [0.1, 0.15) is 30.8 Å². The number of aromatic nitrogens is 3. The van der Waals surface area contributed by atoms with Gasteiger partial charge in [-0.15, -0.1) is 0 Å². The van der Waals surface area contributed by atoms with Gasteiger partial charge >= 0.3 is 0 Å². The minimum atomic E-state index is -0.708. The highest BCUT2D eigenvalue weighted by atomic mass is 16.1. The van der Waals surface area contributed by atoms with Crippen molar-refractivity contribution in [2.24, 2.45) is 24.4 Å². The summed E-state index contributed by atoms with van der Waals surface area (Å²) in [6.07, 6.45) is 3.85. The molecule has 2 heterocycles. The van der Waals surface area contributed by atoms with Gasteiger partial charge in [-0.1, -0.05) is 19.9 Å². The van der Waals surface area contributed by atoms with Crippen molar-refractivity contribution in [2.45, 2.75) is 26.3 Å². The molecule has 2 amide bonds. The van der Waals surface area contributed by atoms with Crippen LogP contribution < -0.4 is 22.1 Å². The molecule has 1 unspecified atom stereocenters. The molecule has 0 saturated heterocycles. The van der Waals surface area contributed by atoms with Crippen molar-refractivity contribution in [3.8, 4) is 0 Å². The molecular weight excluding hydrogens is 370 g/mol. The molecule has 0 bridgehead atoms. The maximum absolute atomic E-state index is 11.8. The maximum Gasteiger partial charge on any atom is 0.271 e. The van der Waals surface area contributed by atoms with Gasteiger partial charge in [0.25, 0.3) is 5.91 Å². The molecule has 9 heteroatoms. The van der Waals surface area contributed by atoms with E-state index in [0.29, 0.717) is 12.2 Å². The molecule has 2 aromatic heterocycles. The monoisotopic (exact) mass is 395 g/mol. The molecule has 0 aliphatic heterocycles. The van der Waals surface area contributed by atoms with E-state index in [1.165, 1.54) is 6.20 Å². The molecule has 1 aromatic carbocycles. The number of primary amides is 2. The van der Waals surface area contributed by atoms with E-state index in [1.54, 1.807) is 0 Å². The fourth-order valence-corrected chi connectivity index (χ4v) is 3.16. The van der Waals surface area contributed by atoms with Gasteiger partial charge in [-0.2, -0.15) is 0 Å². The summed E-state index contributed by atoms with van der Waals surface area (Å²) in [6, 6.07) is 7.12. The van der Waals surface area contributed by atoms with E-state index in [9.17, 15) is 9.59 Å². The summed E-state index contributed by atoms with van der Waals surface area (Å²) in [6.45, 7) is 3.99. The molecule has 3 aromatic rings. The number of hydrogen-bond acceptors (Lipinski definition) is 6. The summed E-state index contributed by atoms with van der Waals surface area (Å²) in [4.78, 5) is 32.2. The predicted molar refractivity (Wildman–Crippen MR) is 113 cm³/mol. The number of benzene rings is 1. The highest BCUT2D eigenvalue weighted by Gasteiger charge is 2.20. The molecule has 0 fully saturated rings. The average Bonchev–Trinajstić information content (AvgIpc) is 3.03. The lowest BCUT2D eigenvalue weighted by Crippen LogP contribution is -2.37. The number of carbonyl (C=O) groups is 2. The Morgan fingerprint density at radius 1 is 1.21 bits per heavy atom. The molecule has 9 nitrogen and oxygen atoms in total. The summed E-state index contributed by atoms with van der Waals surface area (Å²) < 4.78 is 1.99. The number of carbonyl (C=O) groups excluding carboxylic acids is 2. The normalized spacial score (nSPS) is 12.1. The van der Waals surface area contributed by atoms with Crippen molar-refractivity contribution in [3.63, 3.8) is 0 Å². The highest BCUT2D eigenvalue weighted by molar-refractivity contribution is 5.99. The molecular formula is C20H25N7O2. The molecule has 29 heavy (non-hydrogen) atoms. The number of nitrogens with two attached hydrogens (primary N) is 2. The number of anilines is 3. The van der Waals surface area contributed by atoms with E-state index in [0.717, 1.165) is 16.6 Å². The number of aryl methyl sites for hydroxylation is 1. The number of rotatable bonds is 8. The lowest BCUT2D eigenvalue weighted by atomic mass is 10.0. The Hall–Kier alpha value is -3.62. The largest absolute Gasteiger partial charge is 0.368 e. The number of nitrogens with zero attached hydrogens (tertiary/aromatic N) is 3. The zero-order chi connectivity index (χ0) is 21.1. The average molecular weight is 395 g/mol. The topological polar surface area (TPSA) is 141 Å². The van der Waals surface area contributed by atoms with Gasteiger partial charge in [0.05, 0.1) is 6.20 Å². The Bertz CT molecular complexity index is 1060. The summed E-state index contributed by atoms with van der Waals surface area (Å²) in [7, 11) is 1.95. The quantitative estimate of drug-likeness (QED) is 0.460. The summed E-state index contributed by atoms with van der Waals surface area (Å²) >= 11 is 0. The Morgan fingerprint density at radius 2 is 1.97 bits per heavy atom. The second kappa shape index (κ2) is 8.17. The predicted octanol–water partition coefficient (Wildman–Crippen LogP) is 2.12. The van der Waals surface area contributed by atoms with Crippen molar-refractivity contribution >= 4 is 40.0 Å². The third-order valence-corrected chi connectivity index (χ3v) is 4.56. The number of hydrogen-bond donors (Lipinski definition) is 4. The number of fused-ring (bicyclic) bond motifs is 1. The Morgan fingerprint density at radius 3 is 2.62 bits per heavy atom. The van der Waals surface area contributed by atoms with Gasteiger partial charge in [-0.05, 0) is 30.5 Å². The minimum Gasteiger partial charge on any atom is -0.368 e. The molecule has 152 valence electrons. The molecule has 1 atom stereocenters. The number of amides is 2. The van der Waals surface area contributed by atoms with Crippen LogP contribution in [0.25, 0.3) is 10.9 Å². The van der Waals surface area contributed by atoms with Crippen LogP contribution in [-0.2, 0) is 11.8 Å². The minimum absolute atomic E-state index is 0.00275. The van der Waals surface area contributed by atoms with Gasteiger partial charge in [0.1, 0.15) is 11.9 Å². The first-order valence-electron chi connectivity index (χ1n) is 9.30. The summed E-state index contributed by atoms with van der Waals surface area (Å²) in [5, 5.41) is 7.11. The molecule has 0 aliphatic carbocycles. The van der Waals surface area contributed by atoms with Gasteiger partial charge in [0.15, 0.2) is 11.5 Å². The van der Waals surface area contributed by atoms with Crippen LogP contribution in [-0.4, -0.2) is 32.4 Å². The lowest BCUT2D eigenvalue weighted by molar-refractivity contribution is -0.119. The van der Waals surface area contributed by atoms with Crippen molar-refractivity contribution in [3.05, 3.63) is 42.4 Å². The van der Waals surface area contributed by atoms with Crippen LogP contribution in [0, 0.1) is 5.92 Å². The maximum atomic E-state index is 11.8. The first-order valence-corrected chi connectivity index (χ1v) is 9.30. The van der Waals surface area contributed by atoms with E-state index < -0.39 is 17.9 Å². The van der Waals surface area contributed by atoms with Crippen molar-refractivity contribution in [1.82, 2.24) is 14.5 Å². The van der Waals surface area contributed by atoms with Crippen LogP contribution in [0.5, 0.6) is 0 Å². The molecule has 6 N–H and O–H groups in total. The van der Waals surface area contributed by atoms with E-state index >= 15 is 0 Å². The lowest BCUT2D eigenvalue weighted by Gasteiger charge is -2.19. The Labute approximate surface area is 168 Å². The third kappa shape index (κ3) is 4.45. The number of nitrogens with one attached hydrogen (secondary N) is 2. The van der Waals surface area contributed by atoms with Gasteiger partial charge in [-0.3, -0.25) is 9.59 Å². The zero-order valence-corrected chi connectivity index (χ0v) is 16.6. The first-order chi connectivity index (χ1) is 13.8. The van der Waals surface area contributed by atoms with Crippen LogP contribution in [0.4, 0.5) is 17.3 Å². The molecule has 0 aliphatic rings. The highest BCUT2D eigenvalue weighted by Crippen LogP contribution is 2.28. The standard InChI is InChI=1S/C20H25N7O2/c1-11(2)9-14(18(21)28)24-16-10-23-17(19(22)29)20(26-16)25-13-5-4-6-15-12(13)7-8-27(15)3/h4-8,10-11,14H,9H2,1-3H3,(H2,21,28)(H2,22,29)(H2,24,25,26). The van der Waals surface area contributed by atoms with Crippen LogP contribution in [0.2, 0.25) is 0 Å². The van der Waals surface area contributed by atoms with E-state index in [2.05, 4.69) is 20.6 Å². The van der Waals surface area contributed by atoms with Gasteiger partial charge in [0, 0.05) is 29.8 Å². The Kier molecular flexibility index (Phi) is 5.67. The SMILES string of the molecule is CC(C)CC(Nc1cnc(C(N)=O)c(Nc2cccc3c2ccn3C)n1)C(N)=O. The van der Waals surface area contributed by atoms with Gasteiger partial charge in [0.2, 0.25) is 5.91 Å². The molecule has 0 radical (unpaired) electrons. The Balaban J connectivity index is 1.97. The van der Waals surface area contributed by atoms with E-state index in [4.69, 9.17) is 11.5 Å². The summed E-state index contributed by atoms with van der Waals surface area (Å²) in [5.74, 6) is -0.414. The summed E-state index contributed by atoms with van der Waals surface area (Å²) in [5.41, 5.74) is 12.7. The van der Waals surface area contributed by atoms with E-state index in [-0.39, 0.29) is 17.4 Å². The van der Waals surface area contributed by atoms with Gasteiger partial charge in [-0.25, -0.2) is 9.97 Å². The van der Waals surface area contributed by atoms with Crippen LogP contribution in [0.3, 0.4) is 0 Å². The fourth-order valence-electron chi connectivity index (χ4n) is 3.16. The molecule has 0 spiro atoms. The third-order valence-electron chi connectivity index (χ3n) is 4.56. The van der Waals surface area contributed by atoms with Crippen molar-refractivity contribution in [2.75, 3.05) is 10.6 Å². The first kappa shape index (κ1) is 20.1. The fraction of sp³-hybridized carbons (Fsp3) is 0.300. The van der Waals surface area contributed by atoms with Crippen LogP contribution in [0.15, 0.2) is 36.7 Å². The second-order valence-electron chi connectivity index (χ2n) is 7.34. The second-order valence-corrected chi connectivity index (χ2v) is 7.34. The molecule has 3 rings (SSSR count). The van der Waals surface area contributed by atoms with Crippen molar-refractivity contribution in [1.29, 1.82) is 0 Å². The van der Waals surface area contributed by atoms with Crippen LogP contribution >= 0.6 is 0 Å². The van der Waals surface area contributed by atoms with Gasteiger partial charge < -0.3 is 26.7 Å². The molecule has 0 saturated carbocycles. The van der Waals surface area contributed by atoms with E-state index in [1.807, 2.05) is 55.9 Å². The smallest absolute Gasteiger partial charge is 0.271 e.